The van der Waals surface area contributed by atoms with Gasteiger partial charge in [0.25, 0.3) is 10.0 Å². The molecule has 0 amide bonds. The highest BCUT2D eigenvalue weighted by Crippen LogP contribution is 2.40. The van der Waals surface area contributed by atoms with Crippen LogP contribution in [-0.4, -0.2) is 32.1 Å². The SMILES string of the molecule is O=C(O)CCC1CN(S(=O)(=O)c2cccc(C(F)(F)F)c2)c2cc(C=Cc3ccc(Cl)cc3F)ccc2O1. The molecular weight excluding hydrogens is 550 g/mol. The van der Waals surface area contributed by atoms with Crippen molar-refractivity contribution >= 4 is 45.4 Å². The average molecular weight is 570 g/mol. The van der Waals surface area contributed by atoms with E-state index in [1.54, 1.807) is 6.07 Å². The lowest BCUT2D eigenvalue weighted by Crippen LogP contribution is -2.43. The van der Waals surface area contributed by atoms with Gasteiger partial charge in [0.1, 0.15) is 17.7 Å². The highest BCUT2D eigenvalue weighted by molar-refractivity contribution is 7.92. The van der Waals surface area contributed by atoms with E-state index in [9.17, 15) is 30.8 Å². The van der Waals surface area contributed by atoms with E-state index >= 15 is 0 Å². The number of sulfonamides is 1. The van der Waals surface area contributed by atoms with Gasteiger partial charge in [-0.2, -0.15) is 13.2 Å². The number of rotatable bonds is 7. The van der Waals surface area contributed by atoms with Crippen molar-refractivity contribution in [1.29, 1.82) is 0 Å². The van der Waals surface area contributed by atoms with Crippen molar-refractivity contribution in [2.75, 3.05) is 10.8 Å². The summed E-state index contributed by atoms with van der Waals surface area (Å²) in [5, 5.41) is 9.26. The molecule has 0 fully saturated rings. The largest absolute Gasteiger partial charge is 0.486 e. The molecule has 1 heterocycles. The van der Waals surface area contributed by atoms with Crippen LogP contribution in [0.2, 0.25) is 5.02 Å². The smallest absolute Gasteiger partial charge is 0.416 e. The van der Waals surface area contributed by atoms with E-state index in [-0.39, 0.29) is 41.4 Å². The van der Waals surface area contributed by atoms with Crippen LogP contribution in [0.4, 0.5) is 23.2 Å². The quantitative estimate of drug-likeness (QED) is 0.260. The first kappa shape index (κ1) is 27.5. The van der Waals surface area contributed by atoms with Gasteiger partial charge in [-0.15, -0.1) is 0 Å². The minimum absolute atomic E-state index is 0.0269. The van der Waals surface area contributed by atoms with Crippen LogP contribution in [-0.2, 0) is 21.0 Å². The Kier molecular flexibility index (Phi) is 7.70. The molecule has 4 rings (SSSR count). The Morgan fingerprint density at radius 3 is 2.55 bits per heavy atom. The molecule has 38 heavy (non-hydrogen) atoms. The first-order valence-corrected chi connectivity index (χ1v) is 13.0. The van der Waals surface area contributed by atoms with Crippen molar-refractivity contribution in [3.05, 3.63) is 88.2 Å². The van der Waals surface area contributed by atoms with Gasteiger partial charge in [0.15, 0.2) is 0 Å². The van der Waals surface area contributed by atoms with Crippen molar-refractivity contribution in [1.82, 2.24) is 0 Å². The highest BCUT2D eigenvalue weighted by atomic mass is 35.5. The average Bonchev–Trinajstić information content (AvgIpc) is 2.86. The Morgan fingerprint density at radius 1 is 1.11 bits per heavy atom. The van der Waals surface area contributed by atoms with Crippen LogP contribution < -0.4 is 9.04 Å². The fraction of sp³-hybridized carbons (Fsp3) is 0.192. The standard InChI is InChI=1S/C26H20ClF4NO5S/c27-19-8-7-17(22(28)14-19)6-4-16-5-10-24-23(12-16)32(15-20(37-24)9-11-25(33)34)38(35,36)21-3-1-2-18(13-21)26(29,30)31/h1-8,10,12-14,20H,9,11,15H2,(H,33,34). The summed E-state index contributed by atoms with van der Waals surface area (Å²) < 4.78 is 87.9. The number of aliphatic carboxylic acids is 1. The number of fused-ring (bicyclic) bond motifs is 1. The van der Waals surface area contributed by atoms with Crippen molar-refractivity contribution < 1.29 is 40.6 Å². The van der Waals surface area contributed by atoms with E-state index in [4.69, 9.17) is 21.4 Å². The third kappa shape index (κ3) is 6.11. The second-order valence-corrected chi connectivity index (χ2v) is 10.8. The summed E-state index contributed by atoms with van der Waals surface area (Å²) in [7, 11) is -4.52. The number of benzene rings is 3. The van der Waals surface area contributed by atoms with Crippen molar-refractivity contribution in [2.24, 2.45) is 0 Å². The van der Waals surface area contributed by atoms with E-state index in [0.29, 0.717) is 11.6 Å². The maximum atomic E-state index is 14.2. The molecule has 1 unspecified atom stereocenters. The van der Waals surface area contributed by atoms with Crippen molar-refractivity contribution in [3.63, 3.8) is 0 Å². The lowest BCUT2D eigenvalue weighted by atomic mass is 10.1. The number of nitrogens with zero attached hydrogens (tertiary/aromatic N) is 1. The van der Waals surface area contributed by atoms with Crippen LogP contribution in [0.15, 0.2) is 65.6 Å². The lowest BCUT2D eigenvalue weighted by Gasteiger charge is -2.35. The van der Waals surface area contributed by atoms with Gasteiger partial charge in [0.2, 0.25) is 0 Å². The number of alkyl halides is 3. The molecule has 1 atom stereocenters. The number of carboxylic acid groups (broad SMARTS) is 1. The second kappa shape index (κ2) is 10.7. The Bertz CT molecular complexity index is 1510. The molecule has 0 bridgehead atoms. The zero-order valence-corrected chi connectivity index (χ0v) is 21.0. The second-order valence-electron chi connectivity index (χ2n) is 8.46. The highest BCUT2D eigenvalue weighted by Gasteiger charge is 2.37. The molecular formula is C26H20ClF4NO5S. The number of carbonyl (C=O) groups is 1. The predicted octanol–water partition coefficient (Wildman–Crippen LogP) is 6.49. The maximum absolute atomic E-state index is 14.2. The maximum Gasteiger partial charge on any atom is 0.416 e. The Hall–Kier alpha value is -3.57. The summed E-state index contributed by atoms with van der Waals surface area (Å²) in [5.74, 6) is -1.57. The van der Waals surface area contributed by atoms with E-state index in [1.807, 2.05) is 0 Å². The van der Waals surface area contributed by atoms with Gasteiger partial charge >= 0.3 is 12.1 Å². The number of anilines is 1. The van der Waals surface area contributed by atoms with Gasteiger partial charge in [-0.1, -0.05) is 42.0 Å². The molecule has 0 saturated heterocycles. The zero-order chi connectivity index (χ0) is 27.7. The monoisotopic (exact) mass is 569 g/mol. The first-order chi connectivity index (χ1) is 17.8. The van der Waals surface area contributed by atoms with Crippen LogP contribution >= 0.6 is 11.6 Å². The Labute approximate surface area is 220 Å². The topological polar surface area (TPSA) is 83.9 Å². The normalized spacial score (nSPS) is 15.8. The molecule has 0 aliphatic carbocycles. The number of ether oxygens (including phenoxy) is 1. The van der Waals surface area contributed by atoms with Crippen molar-refractivity contribution in [3.8, 4) is 5.75 Å². The third-order valence-electron chi connectivity index (χ3n) is 5.76. The van der Waals surface area contributed by atoms with Crippen molar-refractivity contribution in [2.45, 2.75) is 30.0 Å². The minimum Gasteiger partial charge on any atom is -0.486 e. The van der Waals surface area contributed by atoms with Gasteiger partial charge < -0.3 is 9.84 Å². The number of hydrogen-bond donors (Lipinski definition) is 1. The zero-order valence-electron chi connectivity index (χ0n) is 19.5. The molecule has 0 aromatic heterocycles. The molecule has 200 valence electrons. The number of halogens is 5. The summed E-state index contributed by atoms with van der Waals surface area (Å²) in [5.41, 5.74) is -0.399. The van der Waals surface area contributed by atoms with Gasteiger partial charge in [0.05, 0.1) is 22.7 Å². The van der Waals surface area contributed by atoms with E-state index in [2.05, 4.69) is 0 Å². The molecule has 3 aromatic rings. The Morgan fingerprint density at radius 2 is 1.87 bits per heavy atom. The van der Waals surface area contributed by atoms with Gasteiger partial charge in [-0.25, -0.2) is 12.8 Å². The van der Waals surface area contributed by atoms with Gasteiger partial charge in [-0.05, 0) is 54.4 Å². The molecule has 12 heteroatoms. The number of hydrogen-bond acceptors (Lipinski definition) is 4. The number of carboxylic acids is 1. The molecule has 6 nitrogen and oxygen atoms in total. The summed E-state index contributed by atoms with van der Waals surface area (Å²) >= 11 is 5.77. The van der Waals surface area contributed by atoms with Crippen LogP contribution in [0.25, 0.3) is 12.2 Å². The molecule has 1 aliphatic rings. The minimum atomic E-state index is -4.76. The van der Waals surface area contributed by atoms with E-state index in [1.165, 1.54) is 36.4 Å². The molecule has 0 spiro atoms. The summed E-state index contributed by atoms with van der Waals surface area (Å²) in [6.45, 7) is -0.322. The van der Waals surface area contributed by atoms with Crippen LogP contribution in [0.1, 0.15) is 29.5 Å². The van der Waals surface area contributed by atoms with Gasteiger partial charge in [-0.3, -0.25) is 9.10 Å². The fourth-order valence-corrected chi connectivity index (χ4v) is 5.58. The van der Waals surface area contributed by atoms with Crippen LogP contribution in [0.5, 0.6) is 5.75 Å². The van der Waals surface area contributed by atoms with Crippen LogP contribution in [0, 0.1) is 5.82 Å². The van der Waals surface area contributed by atoms with E-state index in [0.717, 1.165) is 28.6 Å². The molecule has 0 radical (unpaired) electrons. The lowest BCUT2D eigenvalue weighted by molar-refractivity contribution is -0.138. The molecule has 1 N–H and O–H groups in total. The Balaban J connectivity index is 1.75. The molecule has 0 saturated carbocycles. The first-order valence-electron chi connectivity index (χ1n) is 11.2. The fourth-order valence-electron chi connectivity index (χ4n) is 3.88. The summed E-state index contributed by atoms with van der Waals surface area (Å²) in [6, 6.07) is 12.0. The third-order valence-corrected chi connectivity index (χ3v) is 7.77. The summed E-state index contributed by atoms with van der Waals surface area (Å²) in [6.07, 6.45) is -2.96. The predicted molar refractivity (Wildman–Crippen MR) is 134 cm³/mol. The molecule has 1 aliphatic heterocycles. The van der Waals surface area contributed by atoms with E-state index < -0.39 is 44.5 Å². The van der Waals surface area contributed by atoms with Crippen LogP contribution in [0.3, 0.4) is 0 Å². The molecule has 3 aromatic carbocycles. The van der Waals surface area contributed by atoms with Gasteiger partial charge in [0, 0.05) is 17.0 Å². The summed E-state index contributed by atoms with van der Waals surface area (Å²) in [4.78, 5) is 10.5.